The lowest BCUT2D eigenvalue weighted by Crippen LogP contribution is -2.01. The number of pyridine rings is 1. The van der Waals surface area contributed by atoms with E-state index < -0.39 is 0 Å². The average molecular weight is 236 g/mol. The lowest BCUT2D eigenvalue weighted by Gasteiger charge is -2.06. The molecule has 18 heavy (non-hydrogen) atoms. The molecule has 2 N–H and O–H groups in total. The Balaban J connectivity index is 2.18. The first-order valence-corrected chi connectivity index (χ1v) is 5.69. The lowest BCUT2D eigenvalue weighted by molar-refractivity contribution is 0.334. The lowest BCUT2D eigenvalue weighted by atomic mass is 10.0. The minimum Gasteiger partial charge on any atom is -0.412 e. The summed E-state index contributed by atoms with van der Waals surface area (Å²) >= 11 is 0. The molecule has 0 aliphatic carbocycles. The van der Waals surface area contributed by atoms with E-state index in [1.165, 1.54) is 5.39 Å². The number of hydrogen-bond acceptors (Lipinski definition) is 3. The fourth-order valence-electron chi connectivity index (χ4n) is 2.04. The van der Waals surface area contributed by atoms with Crippen molar-refractivity contribution < 1.29 is 4.84 Å². The molecule has 0 spiro atoms. The van der Waals surface area contributed by atoms with Crippen LogP contribution in [0.4, 0.5) is 0 Å². The highest BCUT2D eigenvalue weighted by atomic mass is 16.6. The summed E-state index contributed by atoms with van der Waals surface area (Å²) in [4.78, 5) is 9.13. The van der Waals surface area contributed by atoms with E-state index in [4.69, 9.17) is 5.90 Å². The average Bonchev–Trinajstić information content (AvgIpc) is 2.47. The van der Waals surface area contributed by atoms with E-state index in [9.17, 15) is 0 Å². The zero-order valence-corrected chi connectivity index (χ0v) is 9.71. The Hall–Kier alpha value is -2.39. The molecule has 3 heteroatoms. The van der Waals surface area contributed by atoms with Crippen LogP contribution in [-0.4, -0.2) is 4.98 Å². The van der Waals surface area contributed by atoms with Crippen LogP contribution in [-0.2, 0) is 0 Å². The largest absolute Gasteiger partial charge is 0.412 e. The molecular formula is C15H12N2O. The standard InChI is InChI=1S/C15H12N2O/c16-18-13-7-5-12(6-8-13)15-14-4-2-1-3-11(14)9-10-17-15/h1-10H,16H2. The van der Waals surface area contributed by atoms with Crippen molar-refractivity contribution in [3.05, 3.63) is 60.8 Å². The summed E-state index contributed by atoms with van der Waals surface area (Å²) < 4.78 is 0. The van der Waals surface area contributed by atoms with Crippen molar-refractivity contribution in [3.8, 4) is 17.0 Å². The third-order valence-corrected chi connectivity index (χ3v) is 2.94. The summed E-state index contributed by atoms with van der Waals surface area (Å²) in [6.45, 7) is 0. The van der Waals surface area contributed by atoms with Gasteiger partial charge in [-0.1, -0.05) is 24.3 Å². The molecule has 2 aromatic carbocycles. The molecule has 3 rings (SSSR count). The van der Waals surface area contributed by atoms with Crippen molar-refractivity contribution in [2.24, 2.45) is 5.90 Å². The number of rotatable bonds is 2. The van der Waals surface area contributed by atoms with Crippen LogP contribution in [0.2, 0.25) is 0 Å². The number of hydrogen-bond donors (Lipinski definition) is 1. The van der Waals surface area contributed by atoms with Crippen LogP contribution in [0.5, 0.6) is 5.75 Å². The molecule has 0 bridgehead atoms. The van der Waals surface area contributed by atoms with Gasteiger partial charge in [-0.05, 0) is 35.7 Å². The molecule has 3 nitrogen and oxygen atoms in total. The fraction of sp³-hybridized carbons (Fsp3) is 0. The summed E-state index contributed by atoms with van der Waals surface area (Å²) in [7, 11) is 0. The van der Waals surface area contributed by atoms with Gasteiger partial charge < -0.3 is 4.84 Å². The molecule has 0 atom stereocenters. The van der Waals surface area contributed by atoms with Gasteiger partial charge in [0, 0.05) is 17.1 Å². The van der Waals surface area contributed by atoms with Gasteiger partial charge in [0.2, 0.25) is 0 Å². The number of nitrogens with zero attached hydrogens (tertiary/aromatic N) is 1. The van der Waals surface area contributed by atoms with Gasteiger partial charge in [0.25, 0.3) is 0 Å². The highest BCUT2D eigenvalue weighted by Crippen LogP contribution is 2.27. The van der Waals surface area contributed by atoms with Crippen LogP contribution in [0.25, 0.3) is 22.0 Å². The molecule has 0 amide bonds. The summed E-state index contributed by atoms with van der Waals surface area (Å²) in [6.07, 6.45) is 1.82. The molecule has 1 aromatic heterocycles. The van der Waals surface area contributed by atoms with Crippen LogP contribution in [0, 0.1) is 0 Å². The van der Waals surface area contributed by atoms with E-state index in [0.29, 0.717) is 5.75 Å². The normalized spacial score (nSPS) is 10.5. The maximum atomic E-state index is 5.11. The molecule has 0 aliphatic rings. The second kappa shape index (κ2) is 4.47. The second-order valence-corrected chi connectivity index (χ2v) is 4.02. The van der Waals surface area contributed by atoms with E-state index in [0.717, 1.165) is 16.6 Å². The molecule has 3 aromatic rings. The van der Waals surface area contributed by atoms with E-state index in [2.05, 4.69) is 22.0 Å². The molecule has 0 radical (unpaired) electrons. The maximum absolute atomic E-state index is 5.11. The Morgan fingerprint density at radius 2 is 1.67 bits per heavy atom. The van der Waals surface area contributed by atoms with Crippen molar-refractivity contribution in [2.45, 2.75) is 0 Å². The van der Waals surface area contributed by atoms with Gasteiger partial charge in [-0.2, -0.15) is 5.90 Å². The smallest absolute Gasteiger partial charge is 0.146 e. The monoisotopic (exact) mass is 236 g/mol. The summed E-state index contributed by atoms with van der Waals surface area (Å²) in [5.74, 6) is 5.75. The van der Waals surface area contributed by atoms with Crippen molar-refractivity contribution in [3.63, 3.8) is 0 Å². The topological polar surface area (TPSA) is 48.1 Å². The van der Waals surface area contributed by atoms with E-state index in [-0.39, 0.29) is 0 Å². The highest BCUT2D eigenvalue weighted by molar-refractivity contribution is 5.94. The molecule has 0 unspecified atom stereocenters. The Kier molecular flexibility index (Phi) is 2.67. The minimum absolute atomic E-state index is 0.638. The van der Waals surface area contributed by atoms with Crippen molar-refractivity contribution in [1.82, 2.24) is 4.98 Å². The fourth-order valence-corrected chi connectivity index (χ4v) is 2.04. The first-order chi connectivity index (χ1) is 8.88. The molecule has 0 saturated heterocycles. The number of aromatic nitrogens is 1. The predicted octanol–water partition coefficient (Wildman–Crippen LogP) is 3.15. The van der Waals surface area contributed by atoms with Gasteiger partial charge in [-0.3, -0.25) is 4.98 Å². The zero-order chi connectivity index (χ0) is 12.4. The van der Waals surface area contributed by atoms with E-state index >= 15 is 0 Å². The van der Waals surface area contributed by atoms with Crippen LogP contribution in [0.1, 0.15) is 0 Å². The van der Waals surface area contributed by atoms with Crippen LogP contribution >= 0.6 is 0 Å². The van der Waals surface area contributed by atoms with Crippen molar-refractivity contribution >= 4 is 10.8 Å². The quantitative estimate of drug-likeness (QED) is 0.695. The molecule has 1 heterocycles. The second-order valence-electron chi connectivity index (χ2n) is 4.02. The Labute approximate surface area is 105 Å². The molecule has 88 valence electrons. The van der Waals surface area contributed by atoms with Gasteiger partial charge >= 0.3 is 0 Å². The van der Waals surface area contributed by atoms with Crippen molar-refractivity contribution in [1.29, 1.82) is 0 Å². The highest BCUT2D eigenvalue weighted by Gasteiger charge is 2.04. The van der Waals surface area contributed by atoms with Crippen LogP contribution in [0.15, 0.2) is 60.8 Å². The molecule has 0 saturated carbocycles. The number of nitrogens with two attached hydrogens (primary N) is 1. The minimum atomic E-state index is 0.638. The first kappa shape index (κ1) is 10.7. The molecule has 0 fully saturated rings. The SMILES string of the molecule is NOc1ccc(-c2nccc3ccccc23)cc1. The van der Waals surface area contributed by atoms with E-state index in [1.54, 1.807) is 0 Å². The van der Waals surface area contributed by atoms with Crippen LogP contribution in [0.3, 0.4) is 0 Å². The third kappa shape index (κ3) is 1.81. The van der Waals surface area contributed by atoms with Gasteiger partial charge in [0.15, 0.2) is 0 Å². The van der Waals surface area contributed by atoms with Gasteiger partial charge in [-0.15, -0.1) is 0 Å². The van der Waals surface area contributed by atoms with E-state index in [1.807, 2.05) is 48.7 Å². The van der Waals surface area contributed by atoms with Crippen LogP contribution < -0.4 is 10.7 Å². The van der Waals surface area contributed by atoms with Gasteiger partial charge in [0.1, 0.15) is 5.75 Å². The Morgan fingerprint density at radius 3 is 2.44 bits per heavy atom. The third-order valence-electron chi connectivity index (χ3n) is 2.94. The summed E-state index contributed by atoms with van der Waals surface area (Å²) in [5, 5.41) is 2.32. The maximum Gasteiger partial charge on any atom is 0.146 e. The van der Waals surface area contributed by atoms with Gasteiger partial charge in [-0.25, -0.2) is 0 Å². The van der Waals surface area contributed by atoms with Gasteiger partial charge in [0.05, 0.1) is 5.69 Å². The Bertz CT molecular complexity index is 672. The summed E-state index contributed by atoms with van der Waals surface area (Å²) in [6, 6.07) is 17.8. The Morgan fingerprint density at radius 1 is 0.889 bits per heavy atom. The predicted molar refractivity (Wildman–Crippen MR) is 72.0 cm³/mol. The zero-order valence-electron chi connectivity index (χ0n) is 9.71. The molecule has 0 aliphatic heterocycles. The first-order valence-electron chi connectivity index (χ1n) is 5.69. The number of fused-ring (bicyclic) bond motifs is 1. The molecular weight excluding hydrogens is 224 g/mol. The summed E-state index contributed by atoms with van der Waals surface area (Å²) in [5.41, 5.74) is 2.02. The number of benzene rings is 2. The van der Waals surface area contributed by atoms with Crippen molar-refractivity contribution in [2.75, 3.05) is 0 Å².